The van der Waals surface area contributed by atoms with Gasteiger partial charge in [0.05, 0.1) is 11.1 Å². The first-order valence-electron chi connectivity index (χ1n) is 9.06. The minimum atomic E-state index is -0.523. The molecule has 0 atom stereocenters. The molecule has 4 rings (SSSR count). The van der Waals surface area contributed by atoms with E-state index in [0.717, 1.165) is 6.42 Å². The minimum absolute atomic E-state index is 0.0389. The molecule has 7 heteroatoms. The van der Waals surface area contributed by atoms with Crippen molar-refractivity contribution in [2.24, 2.45) is 5.73 Å². The molecule has 1 aliphatic carbocycles. The zero-order valence-corrected chi connectivity index (χ0v) is 15.4. The van der Waals surface area contributed by atoms with E-state index >= 15 is 0 Å². The fraction of sp³-hybridized carbons (Fsp3) is 0.0909. The number of nitrogens with zero attached hydrogens (tertiary/aromatic N) is 3. The third-order valence-corrected chi connectivity index (χ3v) is 4.59. The number of benzene rings is 2. The number of aliphatic hydroxyl groups excluding tert-OH is 1. The maximum Gasteiger partial charge on any atom is 0.248 e. The van der Waals surface area contributed by atoms with Gasteiger partial charge in [0.2, 0.25) is 5.91 Å². The maximum atomic E-state index is 11.3. The topological polar surface area (TPSA) is 122 Å². The molecule has 0 bridgehead atoms. The summed E-state index contributed by atoms with van der Waals surface area (Å²) >= 11 is 0. The molecule has 0 spiro atoms. The zero-order valence-electron chi connectivity index (χ0n) is 15.4. The van der Waals surface area contributed by atoms with Gasteiger partial charge in [-0.05, 0) is 30.7 Å². The van der Waals surface area contributed by atoms with Crippen LogP contribution in [0.1, 0.15) is 29.0 Å². The van der Waals surface area contributed by atoms with Crippen LogP contribution in [0, 0.1) is 0 Å². The van der Waals surface area contributed by atoms with Gasteiger partial charge in [-0.25, -0.2) is 15.0 Å². The van der Waals surface area contributed by atoms with Crippen LogP contribution >= 0.6 is 0 Å². The average molecular weight is 386 g/mol. The number of rotatable bonds is 4. The summed E-state index contributed by atoms with van der Waals surface area (Å²) in [6, 6.07) is 13.3. The first-order chi connectivity index (χ1) is 14.0. The lowest BCUT2D eigenvalue weighted by atomic mass is 10.0. The quantitative estimate of drug-likeness (QED) is 0.629. The standard InChI is InChI=1S/C22H18N4O3/c23-19(29)13-9-11-14(12-10-13)20-24-21(15-5-1-3-7-17(15)27)26-22(25-20)16-6-2-4-8-18(16)28/h1-3,5-7,9-12,27-28H,4,8H2,(H2,23,29). The van der Waals surface area contributed by atoms with Gasteiger partial charge in [0, 0.05) is 17.5 Å². The highest BCUT2D eigenvalue weighted by Crippen LogP contribution is 2.30. The number of amides is 1. The van der Waals surface area contributed by atoms with E-state index in [9.17, 15) is 15.0 Å². The largest absolute Gasteiger partial charge is 0.512 e. The first kappa shape index (κ1) is 18.4. The number of primary amides is 1. The average Bonchev–Trinajstić information content (AvgIpc) is 2.74. The summed E-state index contributed by atoms with van der Waals surface area (Å²) in [6.07, 6.45) is 4.98. The number of phenols is 1. The Bertz CT molecular complexity index is 1150. The van der Waals surface area contributed by atoms with E-state index in [0.29, 0.717) is 40.3 Å². The second kappa shape index (κ2) is 7.55. The number of para-hydroxylation sites is 1. The molecule has 0 radical (unpaired) electrons. The van der Waals surface area contributed by atoms with Crippen molar-refractivity contribution in [3.63, 3.8) is 0 Å². The van der Waals surface area contributed by atoms with Crippen molar-refractivity contribution in [2.45, 2.75) is 12.8 Å². The highest BCUT2D eigenvalue weighted by molar-refractivity contribution is 5.93. The Balaban J connectivity index is 1.90. The molecule has 7 nitrogen and oxygen atoms in total. The number of allylic oxidation sites excluding steroid dienone is 4. The molecule has 0 saturated heterocycles. The molecule has 144 valence electrons. The Labute approximate surface area is 166 Å². The van der Waals surface area contributed by atoms with E-state index in [-0.39, 0.29) is 17.3 Å². The molecule has 3 aromatic rings. The van der Waals surface area contributed by atoms with Crippen molar-refractivity contribution in [3.05, 3.63) is 77.8 Å². The number of aliphatic hydroxyl groups is 1. The third-order valence-electron chi connectivity index (χ3n) is 4.59. The van der Waals surface area contributed by atoms with E-state index in [1.807, 2.05) is 6.08 Å². The van der Waals surface area contributed by atoms with E-state index in [4.69, 9.17) is 5.73 Å². The predicted octanol–water partition coefficient (Wildman–Crippen LogP) is 3.63. The van der Waals surface area contributed by atoms with Gasteiger partial charge in [0.1, 0.15) is 11.5 Å². The lowest BCUT2D eigenvalue weighted by Gasteiger charge is -2.13. The molecule has 0 fully saturated rings. The summed E-state index contributed by atoms with van der Waals surface area (Å²) < 4.78 is 0. The van der Waals surface area contributed by atoms with E-state index in [2.05, 4.69) is 15.0 Å². The van der Waals surface area contributed by atoms with Crippen molar-refractivity contribution in [1.29, 1.82) is 0 Å². The summed E-state index contributed by atoms with van der Waals surface area (Å²) in [7, 11) is 0. The van der Waals surface area contributed by atoms with Crippen LogP contribution < -0.4 is 5.73 Å². The molecule has 1 amide bonds. The molecule has 0 saturated carbocycles. The maximum absolute atomic E-state index is 11.3. The molecule has 0 aliphatic heterocycles. The van der Waals surface area contributed by atoms with Crippen LogP contribution in [0.2, 0.25) is 0 Å². The number of aromatic hydroxyl groups is 1. The lowest BCUT2D eigenvalue weighted by molar-refractivity contribution is 0.100. The van der Waals surface area contributed by atoms with Crippen molar-refractivity contribution in [2.75, 3.05) is 0 Å². The highest BCUT2D eigenvalue weighted by atomic mass is 16.3. The molecule has 0 unspecified atom stereocenters. The first-order valence-corrected chi connectivity index (χ1v) is 9.06. The Morgan fingerprint density at radius 1 is 0.897 bits per heavy atom. The summed E-state index contributed by atoms with van der Waals surface area (Å²) in [5, 5.41) is 20.6. The fourth-order valence-corrected chi connectivity index (χ4v) is 3.05. The van der Waals surface area contributed by atoms with Gasteiger partial charge in [0.25, 0.3) is 0 Å². The van der Waals surface area contributed by atoms with Crippen LogP contribution in [0.15, 0.2) is 66.4 Å². The molecular weight excluding hydrogens is 368 g/mol. The van der Waals surface area contributed by atoms with Gasteiger partial charge >= 0.3 is 0 Å². The van der Waals surface area contributed by atoms with Crippen molar-refractivity contribution in [1.82, 2.24) is 15.0 Å². The van der Waals surface area contributed by atoms with Crippen molar-refractivity contribution < 1.29 is 15.0 Å². The van der Waals surface area contributed by atoms with Crippen LogP contribution in [0.5, 0.6) is 5.75 Å². The number of aromatic nitrogens is 3. The van der Waals surface area contributed by atoms with Crippen LogP contribution in [0.25, 0.3) is 28.3 Å². The van der Waals surface area contributed by atoms with Gasteiger partial charge in [-0.3, -0.25) is 4.79 Å². The summed E-state index contributed by atoms with van der Waals surface area (Å²) in [4.78, 5) is 24.8. The molecule has 1 aromatic heterocycles. The summed E-state index contributed by atoms with van der Waals surface area (Å²) in [5.41, 5.74) is 7.30. The lowest BCUT2D eigenvalue weighted by Crippen LogP contribution is -2.10. The number of carbonyl (C=O) groups excluding carboxylic acids is 1. The minimum Gasteiger partial charge on any atom is -0.512 e. The molecular formula is C22H18N4O3. The van der Waals surface area contributed by atoms with E-state index in [1.165, 1.54) is 0 Å². The van der Waals surface area contributed by atoms with Crippen LogP contribution in [0.3, 0.4) is 0 Å². The predicted molar refractivity (Wildman–Crippen MR) is 109 cm³/mol. The monoisotopic (exact) mass is 386 g/mol. The SMILES string of the molecule is NC(=O)c1ccc(-c2nc(C3=C(O)CCC=C3)nc(-c3ccccc3O)n2)cc1. The Morgan fingerprint density at radius 3 is 2.28 bits per heavy atom. The summed E-state index contributed by atoms with van der Waals surface area (Å²) in [5.74, 6) is 0.657. The van der Waals surface area contributed by atoms with Gasteiger partial charge in [-0.15, -0.1) is 0 Å². The van der Waals surface area contributed by atoms with E-state index < -0.39 is 5.91 Å². The van der Waals surface area contributed by atoms with E-state index in [1.54, 1.807) is 54.6 Å². The van der Waals surface area contributed by atoms with Gasteiger partial charge in [-0.2, -0.15) is 0 Å². The summed E-state index contributed by atoms with van der Waals surface area (Å²) in [6.45, 7) is 0. The van der Waals surface area contributed by atoms with Gasteiger partial charge in [-0.1, -0.05) is 36.4 Å². The van der Waals surface area contributed by atoms with Crippen LogP contribution in [-0.4, -0.2) is 31.1 Å². The smallest absolute Gasteiger partial charge is 0.248 e. The second-order valence-corrected chi connectivity index (χ2v) is 6.57. The number of nitrogens with two attached hydrogens (primary N) is 1. The number of carbonyl (C=O) groups is 1. The van der Waals surface area contributed by atoms with Crippen LogP contribution in [0.4, 0.5) is 0 Å². The van der Waals surface area contributed by atoms with Gasteiger partial charge < -0.3 is 15.9 Å². The Morgan fingerprint density at radius 2 is 1.59 bits per heavy atom. The van der Waals surface area contributed by atoms with Crippen LogP contribution in [-0.2, 0) is 0 Å². The molecule has 1 heterocycles. The molecule has 2 aromatic carbocycles. The second-order valence-electron chi connectivity index (χ2n) is 6.57. The number of hydrogen-bond acceptors (Lipinski definition) is 6. The van der Waals surface area contributed by atoms with Crippen molar-refractivity contribution >= 4 is 11.5 Å². The number of hydrogen-bond donors (Lipinski definition) is 3. The molecule has 1 aliphatic rings. The Hall–Kier alpha value is -4.00. The zero-order chi connectivity index (χ0) is 20.4. The molecule has 4 N–H and O–H groups in total. The van der Waals surface area contributed by atoms with Gasteiger partial charge in [0.15, 0.2) is 17.5 Å². The normalized spacial score (nSPS) is 13.5. The fourth-order valence-electron chi connectivity index (χ4n) is 3.05. The Kier molecular flexibility index (Phi) is 4.78. The third kappa shape index (κ3) is 3.70. The number of phenolic OH excluding ortho intramolecular Hbond substituents is 1. The van der Waals surface area contributed by atoms with Crippen molar-refractivity contribution in [3.8, 4) is 28.5 Å². The highest BCUT2D eigenvalue weighted by Gasteiger charge is 2.18. The molecule has 29 heavy (non-hydrogen) atoms.